The van der Waals surface area contributed by atoms with Crippen molar-refractivity contribution in [1.82, 2.24) is 4.90 Å². The van der Waals surface area contributed by atoms with E-state index in [0.29, 0.717) is 25.3 Å². The van der Waals surface area contributed by atoms with Crippen LogP contribution < -0.4 is 0 Å². The van der Waals surface area contributed by atoms with Crippen molar-refractivity contribution in [3.8, 4) is 0 Å². The van der Waals surface area contributed by atoms with E-state index in [1.807, 2.05) is 62.4 Å². The van der Waals surface area contributed by atoms with E-state index in [4.69, 9.17) is 4.74 Å². The Balaban J connectivity index is 2.16. The third-order valence-corrected chi connectivity index (χ3v) is 3.94. The minimum absolute atomic E-state index is 0.0754. The van der Waals surface area contributed by atoms with Crippen molar-refractivity contribution in [1.29, 1.82) is 0 Å². The lowest BCUT2D eigenvalue weighted by Crippen LogP contribution is -2.33. The minimum Gasteiger partial charge on any atom is -0.466 e. The first-order valence-electron chi connectivity index (χ1n) is 8.56. The molecule has 2 aromatic rings. The lowest BCUT2D eigenvalue weighted by atomic mass is 10.1. The summed E-state index contributed by atoms with van der Waals surface area (Å²) in [6.45, 7) is 6.91. The maximum Gasteiger partial charge on any atom is 0.307 e. The molecule has 0 aliphatic heterocycles. The molecule has 0 aromatic heterocycles. The molecule has 0 heterocycles. The van der Waals surface area contributed by atoms with E-state index in [1.54, 1.807) is 11.8 Å². The van der Waals surface area contributed by atoms with Gasteiger partial charge in [0.25, 0.3) is 5.91 Å². The van der Waals surface area contributed by atoms with E-state index in [2.05, 4.69) is 0 Å². The third-order valence-electron chi connectivity index (χ3n) is 3.94. The fraction of sp³-hybridized carbons (Fsp3) is 0.333. The van der Waals surface area contributed by atoms with Crippen LogP contribution in [0.2, 0.25) is 0 Å². The van der Waals surface area contributed by atoms with Crippen molar-refractivity contribution < 1.29 is 14.3 Å². The minimum atomic E-state index is -0.284. The van der Waals surface area contributed by atoms with E-state index >= 15 is 0 Å². The summed E-state index contributed by atoms with van der Waals surface area (Å²) in [5, 5.41) is 0. The Morgan fingerprint density at radius 2 is 1.72 bits per heavy atom. The smallest absolute Gasteiger partial charge is 0.307 e. The predicted molar refractivity (Wildman–Crippen MR) is 98.3 cm³/mol. The molecule has 4 heteroatoms. The van der Waals surface area contributed by atoms with Gasteiger partial charge in [-0.1, -0.05) is 47.5 Å². The van der Waals surface area contributed by atoms with Crippen LogP contribution in [0.1, 0.15) is 40.4 Å². The number of hydrogen-bond donors (Lipinski definition) is 0. The average Bonchev–Trinajstić information content (AvgIpc) is 2.60. The van der Waals surface area contributed by atoms with Crippen LogP contribution in [0.4, 0.5) is 0 Å². The van der Waals surface area contributed by atoms with E-state index in [9.17, 15) is 9.59 Å². The summed E-state index contributed by atoms with van der Waals surface area (Å²) in [5.74, 6) is -0.359. The van der Waals surface area contributed by atoms with Gasteiger partial charge in [0.15, 0.2) is 0 Å². The standard InChI is InChI=1S/C21H25NO3/c1-4-25-20(23)12-13-22(15-18-10-8-16(2)9-11-18)21(24)19-7-5-6-17(3)14-19/h5-11,14H,4,12-13,15H2,1-3H3. The van der Waals surface area contributed by atoms with Gasteiger partial charge in [0.1, 0.15) is 0 Å². The number of benzene rings is 2. The average molecular weight is 339 g/mol. The number of carbonyl (C=O) groups is 2. The number of ether oxygens (including phenoxy) is 1. The summed E-state index contributed by atoms with van der Waals surface area (Å²) in [5.41, 5.74) is 3.88. The highest BCUT2D eigenvalue weighted by molar-refractivity contribution is 5.94. The predicted octanol–water partition coefficient (Wildman–Crippen LogP) is 3.90. The van der Waals surface area contributed by atoms with E-state index < -0.39 is 0 Å². The second kappa shape index (κ2) is 9.02. The zero-order valence-electron chi connectivity index (χ0n) is 15.1. The van der Waals surface area contributed by atoms with Crippen molar-refractivity contribution in [3.63, 3.8) is 0 Å². The zero-order chi connectivity index (χ0) is 18.2. The lowest BCUT2D eigenvalue weighted by Gasteiger charge is -2.23. The van der Waals surface area contributed by atoms with Gasteiger partial charge in [-0.2, -0.15) is 0 Å². The Morgan fingerprint density at radius 3 is 2.36 bits per heavy atom. The summed E-state index contributed by atoms with van der Waals surface area (Å²) in [4.78, 5) is 26.3. The lowest BCUT2D eigenvalue weighted by molar-refractivity contribution is -0.143. The molecule has 0 saturated carbocycles. The Bertz CT molecular complexity index is 722. The highest BCUT2D eigenvalue weighted by Crippen LogP contribution is 2.13. The number of carbonyl (C=O) groups excluding carboxylic acids is 2. The molecule has 0 aliphatic rings. The molecule has 2 aromatic carbocycles. The molecule has 2 rings (SSSR count). The zero-order valence-corrected chi connectivity index (χ0v) is 15.1. The molecule has 0 fully saturated rings. The van der Waals surface area contributed by atoms with Crippen molar-refractivity contribution in [3.05, 3.63) is 70.8 Å². The van der Waals surface area contributed by atoms with Crippen LogP contribution in [-0.4, -0.2) is 29.9 Å². The normalized spacial score (nSPS) is 10.4. The number of hydrogen-bond acceptors (Lipinski definition) is 3. The van der Waals surface area contributed by atoms with Crippen molar-refractivity contribution in [2.45, 2.75) is 33.7 Å². The van der Waals surface area contributed by atoms with Gasteiger partial charge in [0.05, 0.1) is 13.0 Å². The van der Waals surface area contributed by atoms with E-state index in [-0.39, 0.29) is 18.3 Å². The van der Waals surface area contributed by atoms with Gasteiger partial charge in [0, 0.05) is 18.7 Å². The van der Waals surface area contributed by atoms with Gasteiger partial charge in [-0.15, -0.1) is 0 Å². The molecule has 0 atom stereocenters. The highest BCUT2D eigenvalue weighted by Gasteiger charge is 2.18. The Hall–Kier alpha value is -2.62. The molecule has 0 aliphatic carbocycles. The third kappa shape index (κ3) is 5.75. The number of aryl methyl sites for hydroxylation is 2. The molecule has 0 spiro atoms. The molecule has 0 saturated heterocycles. The van der Waals surface area contributed by atoms with Crippen LogP contribution >= 0.6 is 0 Å². The summed E-state index contributed by atoms with van der Waals surface area (Å²) >= 11 is 0. The number of rotatable bonds is 7. The molecule has 1 amide bonds. The first-order chi connectivity index (χ1) is 12.0. The number of esters is 1. The summed E-state index contributed by atoms with van der Waals surface area (Å²) < 4.78 is 4.99. The number of amides is 1. The molecule has 25 heavy (non-hydrogen) atoms. The summed E-state index contributed by atoms with van der Waals surface area (Å²) in [6, 6.07) is 15.6. The number of nitrogens with zero attached hydrogens (tertiary/aromatic N) is 1. The van der Waals surface area contributed by atoms with Crippen molar-refractivity contribution in [2.24, 2.45) is 0 Å². The Morgan fingerprint density at radius 1 is 1.00 bits per heavy atom. The first-order valence-corrected chi connectivity index (χ1v) is 8.56. The fourth-order valence-corrected chi connectivity index (χ4v) is 2.59. The summed E-state index contributed by atoms with van der Waals surface area (Å²) in [6.07, 6.45) is 0.192. The molecule has 0 bridgehead atoms. The van der Waals surface area contributed by atoms with Gasteiger partial charge < -0.3 is 9.64 Å². The largest absolute Gasteiger partial charge is 0.466 e. The molecule has 0 N–H and O–H groups in total. The second-order valence-electron chi connectivity index (χ2n) is 6.14. The molecular formula is C21H25NO3. The van der Waals surface area contributed by atoms with Crippen molar-refractivity contribution >= 4 is 11.9 Å². The Kier molecular flexibility index (Phi) is 6.75. The Labute approximate surface area is 149 Å². The van der Waals surface area contributed by atoms with Gasteiger partial charge in [0.2, 0.25) is 0 Å². The SMILES string of the molecule is CCOC(=O)CCN(Cc1ccc(C)cc1)C(=O)c1cccc(C)c1. The van der Waals surface area contributed by atoms with Gasteiger partial charge in [-0.25, -0.2) is 0 Å². The van der Waals surface area contributed by atoms with Gasteiger partial charge in [-0.3, -0.25) is 9.59 Å². The van der Waals surface area contributed by atoms with E-state index in [0.717, 1.165) is 11.1 Å². The van der Waals surface area contributed by atoms with Crippen molar-refractivity contribution in [2.75, 3.05) is 13.2 Å². The highest BCUT2D eigenvalue weighted by atomic mass is 16.5. The maximum atomic E-state index is 12.9. The van der Waals surface area contributed by atoms with Crippen LogP contribution in [0, 0.1) is 13.8 Å². The quantitative estimate of drug-likeness (QED) is 0.719. The molecule has 0 unspecified atom stereocenters. The maximum absolute atomic E-state index is 12.9. The van der Waals surface area contributed by atoms with Crippen LogP contribution in [0.25, 0.3) is 0 Å². The topological polar surface area (TPSA) is 46.6 Å². The van der Waals surface area contributed by atoms with Crippen LogP contribution in [0.3, 0.4) is 0 Å². The van der Waals surface area contributed by atoms with Gasteiger partial charge in [-0.05, 0) is 38.5 Å². The van der Waals surface area contributed by atoms with Gasteiger partial charge >= 0.3 is 5.97 Å². The van der Waals surface area contributed by atoms with Crippen LogP contribution in [0.15, 0.2) is 48.5 Å². The van der Waals surface area contributed by atoms with E-state index in [1.165, 1.54) is 5.56 Å². The fourth-order valence-electron chi connectivity index (χ4n) is 2.59. The monoisotopic (exact) mass is 339 g/mol. The molecule has 132 valence electrons. The molecular weight excluding hydrogens is 314 g/mol. The second-order valence-corrected chi connectivity index (χ2v) is 6.14. The summed E-state index contributed by atoms with van der Waals surface area (Å²) in [7, 11) is 0. The molecule has 4 nitrogen and oxygen atoms in total. The van der Waals surface area contributed by atoms with Crippen LogP contribution in [0.5, 0.6) is 0 Å². The van der Waals surface area contributed by atoms with Crippen LogP contribution in [-0.2, 0) is 16.1 Å². The first kappa shape index (κ1) is 18.7. The molecule has 0 radical (unpaired) electrons.